The zero-order valence-corrected chi connectivity index (χ0v) is 13.6. The number of hydrogen-bond donors (Lipinski definition) is 0. The molecule has 0 N–H and O–H groups in total. The molecule has 1 aliphatic rings. The summed E-state index contributed by atoms with van der Waals surface area (Å²) in [6, 6.07) is 6.80. The van der Waals surface area contributed by atoms with E-state index in [-0.39, 0.29) is 16.8 Å². The summed E-state index contributed by atoms with van der Waals surface area (Å²) in [5.41, 5.74) is 0.921. The number of halogens is 2. The fourth-order valence-electron chi connectivity index (χ4n) is 2.85. The van der Waals surface area contributed by atoms with Crippen molar-refractivity contribution >= 4 is 28.7 Å². The molecule has 1 fully saturated rings. The molecule has 0 unspecified atom stereocenters. The van der Waals surface area contributed by atoms with E-state index in [9.17, 15) is 13.6 Å². The van der Waals surface area contributed by atoms with Gasteiger partial charge in [-0.15, -0.1) is 0 Å². The number of nitrogens with zero attached hydrogens (tertiary/aromatic N) is 3. The first-order valence-corrected chi connectivity index (χ1v) is 8.81. The molecule has 0 spiro atoms. The van der Waals surface area contributed by atoms with Crippen LogP contribution >= 0.6 is 11.8 Å². The van der Waals surface area contributed by atoms with E-state index in [0.717, 1.165) is 55.1 Å². The third kappa shape index (κ3) is 3.65. The van der Waals surface area contributed by atoms with E-state index in [1.165, 1.54) is 0 Å². The Kier molecular flexibility index (Phi) is 5.15. The van der Waals surface area contributed by atoms with Crippen LogP contribution in [-0.4, -0.2) is 39.2 Å². The minimum absolute atomic E-state index is 0.00442. The fourth-order valence-corrected chi connectivity index (χ4v) is 3.77. The average molecular weight is 339 g/mol. The summed E-state index contributed by atoms with van der Waals surface area (Å²) >= 11 is 1.09. The molecular formula is C16H19F2N3OS. The molecule has 1 aromatic heterocycles. The minimum atomic E-state index is -2.67. The molecule has 4 nitrogen and oxygen atoms in total. The van der Waals surface area contributed by atoms with Gasteiger partial charge in [0.2, 0.25) is 5.91 Å². The van der Waals surface area contributed by atoms with E-state index in [4.69, 9.17) is 0 Å². The third-order valence-corrected chi connectivity index (χ3v) is 4.98. The number of aromatic nitrogens is 2. The van der Waals surface area contributed by atoms with Gasteiger partial charge >= 0.3 is 6.55 Å². The summed E-state index contributed by atoms with van der Waals surface area (Å²) in [5.74, 6) is 0.153. The number of hydrogen-bond acceptors (Lipinski definition) is 3. The van der Waals surface area contributed by atoms with Crippen molar-refractivity contribution in [2.75, 3.05) is 18.8 Å². The van der Waals surface area contributed by atoms with Crippen molar-refractivity contribution in [1.29, 1.82) is 0 Å². The Balaban J connectivity index is 1.73. The molecular weight excluding hydrogens is 320 g/mol. The van der Waals surface area contributed by atoms with Crippen molar-refractivity contribution in [1.82, 2.24) is 14.5 Å². The van der Waals surface area contributed by atoms with E-state index >= 15 is 0 Å². The Morgan fingerprint density at radius 2 is 1.87 bits per heavy atom. The molecule has 23 heavy (non-hydrogen) atoms. The lowest BCUT2D eigenvalue weighted by Gasteiger charge is -2.19. The Morgan fingerprint density at radius 1 is 1.17 bits per heavy atom. The maximum atomic E-state index is 13.3. The second-order valence-electron chi connectivity index (χ2n) is 5.61. The van der Waals surface area contributed by atoms with Crippen LogP contribution in [0.2, 0.25) is 0 Å². The van der Waals surface area contributed by atoms with Crippen molar-refractivity contribution in [2.45, 2.75) is 37.4 Å². The standard InChI is InChI=1S/C16H19F2N3OS/c17-15(18)21-13-8-4-3-7-12(13)19-16(21)23-11-14(22)20-9-5-1-2-6-10-20/h3-4,7-8,15H,1-2,5-6,9-11H2. The summed E-state index contributed by atoms with van der Waals surface area (Å²) < 4.78 is 27.6. The fraction of sp³-hybridized carbons (Fsp3) is 0.500. The van der Waals surface area contributed by atoms with Crippen LogP contribution in [0, 0.1) is 0 Å². The maximum absolute atomic E-state index is 13.3. The molecule has 2 aromatic rings. The summed E-state index contributed by atoms with van der Waals surface area (Å²) in [5, 5.41) is 0.198. The molecule has 1 aliphatic heterocycles. The number of likely N-dealkylation sites (tertiary alicyclic amines) is 1. The van der Waals surface area contributed by atoms with Gasteiger partial charge in [0.15, 0.2) is 5.16 Å². The summed E-state index contributed by atoms with van der Waals surface area (Å²) in [7, 11) is 0. The Morgan fingerprint density at radius 3 is 2.57 bits per heavy atom. The maximum Gasteiger partial charge on any atom is 0.321 e. The lowest BCUT2D eigenvalue weighted by atomic mass is 10.2. The molecule has 2 heterocycles. The Bertz CT molecular complexity index is 681. The zero-order valence-electron chi connectivity index (χ0n) is 12.8. The number of para-hydroxylation sites is 2. The Hall–Kier alpha value is -1.63. The van der Waals surface area contributed by atoms with E-state index in [1.54, 1.807) is 24.3 Å². The van der Waals surface area contributed by atoms with Crippen LogP contribution in [0.5, 0.6) is 0 Å². The van der Waals surface area contributed by atoms with Crippen LogP contribution in [0.4, 0.5) is 8.78 Å². The molecule has 0 bridgehead atoms. The second kappa shape index (κ2) is 7.29. The summed E-state index contributed by atoms with van der Waals surface area (Å²) in [4.78, 5) is 18.4. The molecule has 3 rings (SSSR count). The lowest BCUT2D eigenvalue weighted by molar-refractivity contribution is -0.128. The molecule has 1 saturated heterocycles. The topological polar surface area (TPSA) is 38.1 Å². The largest absolute Gasteiger partial charge is 0.342 e. The first-order valence-electron chi connectivity index (χ1n) is 7.82. The van der Waals surface area contributed by atoms with E-state index in [0.29, 0.717) is 11.0 Å². The zero-order chi connectivity index (χ0) is 16.2. The number of benzene rings is 1. The number of imidazole rings is 1. The molecule has 0 atom stereocenters. The highest BCUT2D eigenvalue weighted by Crippen LogP contribution is 2.29. The van der Waals surface area contributed by atoms with Gasteiger partial charge in [0.1, 0.15) is 0 Å². The van der Waals surface area contributed by atoms with Crippen LogP contribution in [0.1, 0.15) is 32.2 Å². The lowest BCUT2D eigenvalue weighted by Crippen LogP contribution is -2.33. The van der Waals surface area contributed by atoms with Gasteiger partial charge in [-0.2, -0.15) is 8.78 Å². The quantitative estimate of drug-likeness (QED) is 0.792. The molecule has 1 amide bonds. The van der Waals surface area contributed by atoms with E-state index in [1.807, 2.05) is 4.90 Å². The Labute approximate surface area is 137 Å². The van der Waals surface area contributed by atoms with Crippen LogP contribution in [-0.2, 0) is 4.79 Å². The van der Waals surface area contributed by atoms with Gasteiger partial charge in [-0.3, -0.25) is 9.36 Å². The molecule has 7 heteroatoms. The predicted molar refractivity (Wildman–Crippen MR) is 86.8 cm³/mol. The number of carbonyl (C=O) groups is 1. The number of alkyl halides is 2. The number of carbonyl (C=O) groups excluding carboxylic acids is 1. The smallest absolute Gasteiger partial charge is 0.321 e. The minimum Gasteiger partial charge on any atom is -0.342 e. The van der Waals surface area contributed by atoms with Gasteiger partial charge in [0, 0.05) is 13.1 Å². The monoisotopic (exact) mass is 339 g/mol. The number of amides is 1. The first-order chi connectivity index (χ1) is 11.2. The molecule has 1 aromatic carbocycles. The van der Waals surface area contributed by atoms with Gasteiger partial charge in [0.05, 0.1) is 16.8 Å². The van der Waals surface area contributed by atoms with E-state index in [2.05, 4.69) is 4.98 Å². The normalized spacial score (nSPS) is 16.0. The van der Waals surface area contributed by atoms with Gasteiger partial charge in [0.25, 0.3) is 0 Å². The molecule has 0 aliphatic carbocycles. The molecule has 0 saturated carbocycles. The average Bonchev–Trinajstić information content (AvgIpc) is 2.70. The predicted octanol–water partition coefficient (Wildman–Crippen LogP) is 3.93. The summed E-state index contributed by atoms with van der Waals surface area (Å²) in [6.45, 7) is -1.13. The number of fused-ring (bicyclic) bond motifs is 1. The van der Waals surface area contributed by atoms with Crippen molar-refractivity contribution in [3.8, 4) is 0 Å². The van der Waals surface area contributed by atoms with Gasteiger partial charge < -0.3 is 4.90 Å². The van der Waals surface area contributed by atoms with Gasteiger partial charge in [-0.1, -0.05) is 36.7 Å². The van der Waals surface area contributed by atoms with Gasteiger partial charge in [-0.25, -0.2) is 4.98 Å². The van der Waals surface area contributed by atoms with Crippen LogP contribution in [0.25, 0.3) is 11.0 Å². The highest BCUT2D eigenvalue weighted by Gasteiger charge is 2.21. The highest BCUT2D eigenvalue weighted by molar-refractivity contribution is 7.99. The summed E-state index contributed by atoms with van der Waals surface area (Å²) in [6.07, 6.45) is 4.34. The number of thioether (sulfide) groups is 1. The second-order valence-corrected chi connectivity index (χ2v) is 6.56. The van der Waals surface area contributed by atoms with E-state index < -0.39 is 6.55 Å². The van der Waals surface area contributed by atoms with Gasteiger partial charge in [-0.05, 0) is 25.0 Å². The van der Waals surface area contributed by atoms with Crippen LogP contribution in [0.15, 0.2) is 29.4 Å². The van der Waals surface area contributed by atoms with Crippen molar-refractivity contribution in [3.05, 3.63) is 24.3 Å². The molecule has 124 valence electrons. The van der Waals surface area contributed by atoms with Crippen LogP contribution in [0.3, 0.4) is 0 Å². The van der Waals surface area contributed by atoms with Crippen molar-refractivity contribution in [3.63, 3.8) is 0 Å². The van der Waals surface area contributed by atoms with Crippen molar-refractivity contribution < 1.29 is 13.6 Å². The third-order valence-electron chi connectivity index (χ3n) is 4.04. The highest BCUT2D eigenvalue weighted by atomic mass is 32.2. The van der Waals surface area contributed by atoms with Crippen LogP contribution < -0.4 is 0 Å². The molecule has 0 radical (unpaired) electrons. The SMILES string of the molecule is O=C(CSc1nc2ccccc2n1C(F)F)N1CCCCCC1. The number of rotatable bonds is 4. The first kappa shape index (κ1) is 16.2. The van der Waals surface area contributed by atoms with Crippen molar-refractivity contribution in [2.24, 2.45) is 0 Å².